The van der Waals surface area contributed by atoms with E-state index in [9.17, 15) is 9.59 Å². The zero-order chi connectivity index (χ0) is 23.5. The molecule has 0 fully saturated rings. The number of aliphatic imine (C=N–C) groups is 1. The number of hydrogen-bond donors (Lipinski definition) is 1. The number of aryl methyl sites for hydroxylation is 2. The second kappa shape index (κ2) is 9.67. The van der Waals surface area contributed by atoms with Gasteiger partial charge in [0.15, 0.2) is 5.17 Å². The first-order valence-corrected chi connectivity index (χ1v) is 11.8. The average molecular weight is 462 g/mol. The normalized spacial score (nSPS) is 17.3. The Hall–Kier alpha value is -3.32. The summed E-state index contributed by atoms with van der Waals surface area (Å²) in [4.78, 5) is 32.6. The summed E-state index contributed by atoms with van der Waals surface area (Å²) in [6, 6.07) is 15.4. The Kier molecular flexibility index (Phi) is 6.70. The summed E-state index contributed by atoms with van der Waals surface area (Å²) in [6.45, 7) is 6.01. The van der Waals surface area contributed by atoms with Crippen molar-refractivity contribution in [3.63, 3.8) is 0 Å². The number of carbonyl (C=O) groups is 2. The number of thioether (sulfide) groups is 1. The number of anilines is 1. The first kappa shape index (κ1) is 22.9. The maximum absolute atomic E-state index is 12.9. The molecule has 2 heterocycles. The lowest BCUT2D eigenvalue weighted by Gasteiger charge is -2.36. The van der Waals surface area contributed by atoms with Crippen LogP contribution in [-0.4, -0.2) is 29.1 Å². The minimum absolute atomic E-state index is 0.125. The van der Waals surface area contributed by atoms with Crippen LogP contribution in [0, 0.1) is 13.8 Å². The van der Waals surface area contributed by atoms with Gasteiger partial charge in [0.2, 0.25) is 5.91 Å². The highest BCUT2D eigenvalue weighted by molar-refractivity contribution is 8.16. The molecule has 4 rings (SSSR count). The number of amides is 1. The summed E-state index contributed by atoms with van der Waals surface area (Å²) in [6.07, 6.45) is 0.770. The molecule has 1 atom stereocenters. The summed E-state index contributed by atoms with van der Waals surface area (Å²) in [5.41, 5.74) is 5.96. The van der Waals surface area contributed by atoms with E-state index in [-0.39, 0.29) is 12.3 Å². The van der Waals surface area contributed by atoms with E-state index in [2.05, 4.69) is 11.4 Å². The van der Waals surface area contributed by atoms with E-state index in [0.29, 0.717) is 17.7 Å². The molecule has 6 nitrogen and oxygen atoms in total. The molecule has 0 saturated carbocycles. The van der Waals surface area contributed by atoms with Gasteiger partial charge in [0, 0.05) is 11.4 Å². The molecule has 0 radical (unpaired) electrons. The standard InChI is InChI=1S/C26H27N3O3S/c1-5-21-23(25(31)32-4)24(18-8-6-7-17(3)13-18)29-20(15-33-26(29)28-21)14-22(30)27-19-11-9-16(2)10-12-19/h6-13,15,24H,5,14H2,1-4H3,(H,27,30). The predicted molar refractivity (Wildman–Crippen MR) is 133 cm³/mol. The van der Waals surface area contributed by atoms with Crippen LogP contribution < -0.4 is 5.32 Å². The quantitative estimate of drug-likeness (QED) is 0.578. The summed E-state index contributed by atoms with van der Waals surface area (Å²) in [5, 5.41) is 5.68. The van der Waals surface area contributed by atoms with E-state index in [4.69, 9.17) is 9.73 Å². The summed E-state index contributed by atoms with van der Waals surface area (Å²) in [5.74, 6) is -0.527. The van der Waals surface area contributed by atoms with Gasteiger partial charge in [-0.05, 0) is 43.4 Å². The fourth-order valence-corrected chi connectivity index (χ4v) is 5.01. The van der Waals surface area contributed by atoms with E-state index >= 15 is 0 Å². The first-order chi connectivity index (χ1) is 15.9. The molecular weight excluding hydrogens is 434 g/mol. The van der Waals surface area contributed by atoms with Gasteiger partial charge in [-0.1, -0.05) is 66.2 Å². The van der Waals surface area contributed by atoms with Crippen molar-refractivity contribution in [1.82, 2.24) is 4.90 Å². The molecule has 2 aromatic rings. The molecule has 0 bridgehead atoms. The third kappa shape index (κ3) is 4.73. The van der Waals surface area contributed by atoms with E-state index in [1.165, 1.54) is 18.9 Å². The smallest absolute Gasteiger partial charge is 0.338 e. The number of methoxy groups -OCH3 is 1. The topological polar surface area (TPSA) is 71.0 Å². The molecule has 0 aliphatic carbocycles. The summed E-state index contributed by atoms with van der Waals surface area (Å²) >= 11 is 1.48. The number of carbonyl (C=O) groups excluding carboxylic acids is 2. The number of fused-ring (bicyclic) bond motifs is 1. The van der Waals surface area contributed by atoms with Crippen LogP contribution in [0.4, 0.5) is 5.69 Å². The van der Waals surface area contributed by atoms with Gasteiger partial charge in [0.1, 0.15) is 0 Å². The minimum Gasteiger partial charge on any atom is -0.466 e. The summed E-state index contributed by atoms with van der Waals surface area (Å²) < 4.78 is 5.16. The van der Waals surface area contributed by atoms with E-state index < -0.39 is 12.0 Å². The number of nitrogens with one attached hydrogen (secondary N) is 1. The highest BCUT2D eigenvalue weighted by Crippen LogP contribution is 2.45. The molecule has 1 unspecified atom stereocenters. The van der Waals surface area contributed by atoms with Crippen molar-refractivity contribution in [3.8, 4) is 0 Å². The van der Waals surface area contributed by atoms with Crippen molar-refractivity contribution in [2.24, 2.45) is 4.99 Å². The highest BCUT2D eigenvalue weighted by atomic mass is 32.2. The van der Waals surface area contributed by atoms with Crippen molar-refractivity contribution in [2.45, 2.75) is 39.7 Å². The Morgan fingerprint density at radius 3 is 2.55 bits per heavy atom. The maximum Gasteiger partial charge on any atom is 0.338 e. The number of benzene rings is 2. The first-order valence-electron chi connectivity index (χ1n) is 10.9. The van der Waals surface area contributed by atoms with Crippen LogP contribution in [0.15, 0.2) is 75.9 Å². The molecule has 33 heavy (non-hydrogen) atoms. The van der Waals surface area contributed by atoms with Crippen LogP contribution in [-0.2, 0) is 14.3 Å². The van der Waals surface area contributed by atoms with Crippen molar-refractivity contribution < 1.29 is 14.3 Å². The number of esters is 1. The average Bonchev–Trinajstić information content (AvgIpc) is 3.20. The van der Waals surface area contributed by atoms with Gasteiger partial charge in [0.25, 0.3) is 0 Å². The predicted octanol–water partition coefficient (Wildman–Crippen LogP) is 5.47. The molecule has 1 amide bonds. The number of nitrogens with zero attached hydrogens (tertiary/aromatic N) is 2. The van der Waals surface area contributed by atoms with E-state index in [1.54, 1.807) is 0 Å². The Balaban J connectivity index is 1.68. The molecular formula is C26H27N3O3S. The molecule has 0 saturated heterocycles. The van der Waals surface area contributed by atoms with Crippen molar-refractivity contribution in [2.75, 3.05) is 12.4 Å². The van der Waals surface area contributed by atoms with Crippen LogP contribution in [0.1, 0.15) is 42.5 Å². The second-order valence-electron chi connectivity index (χ2n) is 8.10. The van der Waals surface area contributed by atoms with Crippen LogP contribution >= 0.6 is 11.8 Å². The van der Waals surface area contributed by atoms with Crippen molar-refractivity contribution in [1.29, 1.82) is 0 Å². The van der Waals surface area contributed by atoms with Gasteiger partial charge in [-0.25, -0.2) is 9.79 Å². The number of ether oxygens (including phenoxy) is 1. The van der Waals surface area contributed by atoms with Gasteiger partial charge in [0.05, 0.1) is 30.8 Å². The van der Waals surface area contributed by atoms with Crippen LogP contribution in [0.25, 0.3) is 0 Å². The van der Waals surface area contributed by atoms with E-state index in [1.807, 2.05) is 73.5 Å². The van der Waals surface area contributed by atoms with Crippen LogP contribution in [0.3, 0.4) is 0 Å². The van der Waals surface area contributed by atoms with Gasteiger partial charge < -0.3 is 15.0 Å². The number of amidine groups is 1. The SMILES string of the molecule is CCC1=C(C(=O)OC)C(c2cccc(C)c2)N2C(CC(=O)Nc3ccc(C)cc3)=CSC2=N1. The zero-order valence-corrected chi connectivity index (χ0v) is 20.0. The monoisotopic (exact) mass is 461 g/mol. The molecule has 170 valence electrons. The Morgan fingerprint density at radius 2 is 1.88 bits per heavy atom. The molecule has 2 aliphatic heterocycles. The molecule has 0 aromatic heterocycles. The maximum atomic E-state index is 12.9. The van der Waals surface area contributed by atoms with Crippen LogP contribution in [0.2, 0.25) is 0 Å². The van der Waals surface area contributed by atoms with E-state index in [0.717, 1.165) is 33.2 Å². The van der Waals surface area contributed by atoms with Gasteiger partial charge in [-0.15, -0.1) is 0 Å². The number of allylic oxidation sites excluding steroid dienone is 1. The largest absolute Gasteiger partial charge is 0.466 e. The molecule has 0 spiro atoms. The lowest BCUT2D eigenvalue weighted by molar-refractivity contribution is -0.136. The third-order valence-corrected chi connectivity index (χ3v) is 6.55. The van der Waals surface area contributed by atoms with Crippen LogP contribution in [0.5, 0.6) is 0 Å². The number of rotatable bonds is 6. The van der Waals surface area contributed by atoms with Gasteiger partial charge in [-0.2, -0.15) is 0 Å². The summed E-state index contributed by atoms with van der Waals surface area (Å²) in [7, 11) is 1.39. The highest BCUT2D eigenvalue weighted by Gasteiger charge is 2.41. The Labute approximate surface area is 198 Å². The van der Waals surface area contributed by atoms with Gasteiger partial charge in [-0.3, -0.25) is 4.79 Å². The fourth-order valence-electron chi connectivity index (χ4n) is 4.07. The molecule has 1 N–H and O–H groups in total. The molecule has 2 aromatic carbocycles. The third-order valence-electron chi connectivity index (χ3n) is 5.66. The molecule has 2 aliphatic rings. The fraction of sp³-hybridized carbons (Fsp3) is 0.269. The Bertz CT molecular complexity index is 1180. The second-order valence-corrected chi connectivity index (χ2v) is 8.94. The van der Waals surface area contributed by atoms with Gasteiger partial charge >= 0.3 is 5.97 Å². The molecule has 7 heteroatoms. The van der Waals surface area contributed by atoms with Crippen molar-refractivity contribution in [3.05, 3.63) is 87.6 Å². The zero-order valence-electron chi connectivity index (χ0n) is 19.2. The minimum atomic E-state index is -0.409. The number of hydrogen-bond acceptors (Lipinski definition) is 6. The van der Waals surface area contributed by atoms with Crippen molar-refractivity contribution >= 4 is 34.5 Å². The lowest BCUT2D eigenvalue weighted by atomic mass is 9.92. The lowest BCUT2D eigenvalue weighted by Crippen LogP contribution is -2.37. The Morgan fingerprint density at radius 1 is 1.12 bits per heavy atom.